The van der Waals surface area contributed by atoms with E-state index in [4.69, 9.17) is 0 Å². The molecular weight excluding hydrogens is 386 g/mol. The molecule has 0 bridgehead atoms. The molecule has 2 heterocycles. The maximum Gasteiger partial charge on any atom is 0.255 e. The van der Waals surface area contributed by atoms with Gasteiger partial charge >= 0.3 is 0 Å². The first-order chi connectivity index (χ1) is 13.7. The molecule has 1 aromatic carbocycles. The van der Waals surface area contributed by atoms with Gasteiger partial charge < -0.3 is 14.4 Å². The summed E-state index contributed by atoms with van der Waals surface area (Å²) in [5.41, 5.74) is 3.55. The first-order valence-electron chi connectivity index (χ1n) is 10.1. The Kier molecular flexibility index (Phi) is 6.49. The molecule has 1 atom stereocenters. The lowest BCUT2D eigenvalue weighted by Crippen LogP contribution is -2.42. The molecule has 6 nitrogen and oxygen atoms in total. The van der Waals surface area contributed by atoms with Crippen LogP contribution in [0.3, 0.4) is 0 Å². The minimum Gasteiger partial charge on any atom is -0.335 e. The van der Waals surface area contributed by atoms with Crippen molar-refractivity contribution in [1.29, 1.82) is 0 Å². The highest BCUT2D eigenvalue weighted by atomic mass is 32.2. The highest BCUT2D eigenvalue weighted by Crippen LogP contribution is 2.25. The summed E-state index contributed by atoms with van der Waals surface area (Å²) in [6, 6.07) is 11.7. The SMILES string of the molecule is Cc1cc(C(=O)N(CCCN(C)C)C2CCS(=O)(=O)C2)c(C)n1-c1ccccc1. The highest BCUT2D eigenvalue weighted by Gasteiger charge is 2.35. The summed E-state index contributed by atoms with van der Waals surface area (Å²) >= 11 is 0. The summed E-state index contributed by atoms with van der Waals surface area (Å²) in [5.74, 6) is 0.164. The topological polar surface area (TPSA) is 62.6 Å². The fraction of sp³-hybridized carbons (Fsp3) is 0.500. The van der Waals surface area contributed by atoms with Gasteiger partial charge in [-0.25, -0.2) is 8.42 Å². The Morgan fingerprint density at radius 3 is 2.41 bits per heavy atom. The normalized spacial score (nSPS) is 18.3. The molecule has 0 aliphatic carbocycles. The van der Waals surface area contributed by atoms with E-state index >= 15 is 0 Å². The van der Waals surface area contributed by atoms with Crippen molar-refractivity contribution in [3.8, 4) is 5.69 Å². The average molecular weight is 418 g/mol. The van der Waals surface area contributed by atoms with E-state index in [-0.39, 0.29) is 23.5 Å². The second-order valence-electron chi connectivity index (χ2n) is 8.17. The smallest absolute Gasteiger partial charge is 0.255 e. The van der Waals surface area contributed by atoms with Crippen molar-refractivity contribution in [3.63, 3.8) is 0 Å². The Hall–Kier alpha value is -2.12. The van der Waals surface area contributed by atoms with Crippen LogP contribution in [0.25, 0.3) is 5.69 Å². The zero-order valence-electron chi connectivity index (χ0n) is 17.8. The number of hydrogen-bond donors (Lipinski definition) is 0. The number of rotatable bonds is 7. The maximum absolute atomic E-state index is 13.5. The second kappa shape index (κ2) is 8.71. The van der Waals surface area contributed by atoms with Crippen molar-refractivity contribution >= 4 is 15.7 Å². The molecule has 3 rings (SSSR count). The van der Waals surface area contributed by atoms with Gasteiger partial charge in [-0.2, -0.15) is 0 Å². The van der Waals surface area contributed by atoms with E-state index in [1.807, 2.05) is 64.3 Å². The van der Waals surface area contributed by atoms with Gasteiger partial charge in [0.05, 0.1) is 17.1 Å². The number of benzene rings is 1. The number of amides is 1. The van der Waals surface area contributed by atoms with Gasteiger partial charge in [0.15, 0.2) is 9.84 Å². The van der Waals surface area contributed by atoms with Gasteiger partial charge in [-0.3, -0.25) is 4.79 Å². The largest absolute Gasteiger partial charge is 0.335 e. The number of para-hydroxylation sites is 1. The number of carbonyl (C=O) groups excluding carboxylic acids is 1. The monoisotopic (exact) mass is 417 g/mol. The molecule has 0 spiro atoms. The van der Waals surface area contributed by atoms with E-state index in [0.717, 1.165) is 30.0 Å². The van der Waals surface area contributed by atoms with Gasteiger partial charge in [0.2, 0.25) is 0 Å². The van der Waals surface area contributed by atoms with Crippen LogP contribution in [-0.2, 0) is 9.84 Å². The van der Waals surface area contributed by atoms with Gasteiger partial charge in [0, 0.05) is 29.7 Å². The molecule has 0 N–H and O–H groups in total. The summed E-state index contributed by atoms with van der Waals surface area (Å²) in [6.07, 6.45) is 1.33. The van der Waals surface area contributed by atoms with Crippen LogP contribution in [0.2, 0.25) is 0 Å². The highest BCUT2D eigenvalue weighted by molar-refractivity contribution is 7.91. The van der Waals surface area contributed by atoms with Crippen LogP contribution < -0.4 is 0 Å². The Labute approximate surface area is 174 Å². The summed E-state index contributed by atoms with van der Waals surface area (Å²) in [4.78, 5) is 17.4. The standard InChI is InChI=1S/C22H31N3O3S/c1-17-15-21(18(2)25(17)19-9-6-5-7-10-19)22(26)24(13-8-12-23(3)4)20-11-14-29(27,28)16-20/h5-7,9-10,15,20H,8,11-14,16H2,1-4H3. The van der Waals surface area contributed by atoms with Gasteiger partial charge in [-0.1, -0.05) is 18.2 Å². The number of aryl methyl sites for hydroxylation is 1. The number of hydrogen-bond acceptors (Lipinski definition) is 4. The first kappa shape index (κ1) is 21.6. The maximum atomic E-state index is 13.5. The van der Waals surface area contributed by atoms with Crippen LogP contribution in [0.15, 0.2) is 36.4 Å². The predicted octanol–water partition coefficient (Wildman–Crippen LogP) is 2.68. The molecule has 7 heteroatoms. The van der Waals surface area contributed by atoms with Crippen molar-refractivity contribution in [2.75, 3.05) is 38.7 Å². The lowest BCUT2D eigenvalue weighted by atomic mass is 10.1. The van der Waals surface area contributed by atoms with Gasteiger partial charge in [0.1, 0.15) is 0 Å². The summed E-state index contributed by atoms with van der Waals surface area (Å²) < 4.78 is 26.2. The van der Waals surface area contributed by atoms with Crippen molar-refractivity contribution in [2.24, 2.45) is 0 Å². The van der Waals surface area contributed by atoms with E-state index < -0.39 is 9.84 Å². The van der Waals surface area contributed by atoms with Crippen LogP contribution in [0.1, 0.15) is 34.6 Å². The molecule has 158 valence electrons. The second-order valence-corrected chi connectivity index (χ2v) is 10.4. The van der Waals surface area contributed by atoms with Crippen molar-refractivity contribution < 1.29 is 13.2 Å². The molecule has 0 radical (unpaired) electrons. The van der Waals surface area contributed by atoms with E-state index in [1.54, 1.807) is 4.90 Å². The fourth-order valence-corrected chi connectivity index (χ4v) is 5.87. The Balaban J connectivity index is 1.91. The van der Waals surface area contributed by atoms with Gasteiger partial charge in [-0.15, -0.1) is 0 Å². The third kappa shape index (κ3) is 4.90. The molecule has 29 heavy (non-hydrogen) atoms. The third-order valence-electron chi connectivity index (χ3n) is 5.59. The van der Waals surface area contributed by atoms with Crippen molar-refractivity contribution in [2.45, 2.75) is 32.7 Å². The van der Waals surface area contributed by atoms with Gasteiger partial charge in [0.25, 0.3) is 5.91 Å². The van der Waals surface area contributed by atoms with Crippen LogP contribution in [0, 0.1) is 13.8 Å². The summed E-state index contributed by atoms with van der Waals surface area (Å²) in [7, 11) is 0.936. The Bertz CT molecular complexity index is 965. The minimum absolute atomic E-state index is 0.0676. The molecule has 0 saturated carbocycles. The van der Waals surface area contributed by atoms with Crippen molar-refractivity contribution in [1.82, 2.24) is 14.4 Å². The summed E-state index contributed by atoms with van der Waals surface area (Å²) in [5, 5.41) is 0. The molecule has 2 aromatic rings. The molecular formula is C22H31N3O3S. The third-order valence-corrected chi connectivity index (χ3v) is 7.34. The van der Waals surface area contributed by atoms with Crippen molar-refractivity contribution in [3.05, 3.63) is 53.3 Å². The van der Waals surface area contributed by atoms with Gasteiger partial charge in [-0.05, 0) is 65.5 Å². The van der Waals surface area contributed by atoms with E-state index in [2.05, 4.69) is 9.47 Å². The quantitative estimate of drug-likeness (QED) is 0.695. The van der Waals surface area contributed by atoms with Crippen LogP contribution >= 0.6 is 0 Å². The lowest BCUT2D eigenvalue weighted by molar-refractivity contribution is 0.0689. The summed E-state index contributed by atoms with van der Waals surface area (Å²) in [6.45, 7) is 5.36. The minimum atomic E-state index is -3.06. The van der Waals surface area contributed by atoms with E-state index in [9.17, 15) is 13.2 Å². The molecule has 1 amide bonds. The molecule has 1 fully saturated rings. The number of carbonyl (C=O) groups is 1. The number of nitrogens with zero attached hydrogens (tertiary/aromatic N) is 3. The van der Waals surface area contributed by atoms with Crippen LogP contribution in [-0.4, -0.2) is 73.4 Å². The Morgan fingerprint density at radius 2 is 1.83 bits per heavy atom. The fourth-order valence-electron chi connectivity index (χ4n) is 4.14. The molecule has 1 aliphatic heterocycles. The lowest BCUT2D eigenvalue weighted by Gasteiger charge is -2.29. The predicted molar refractivity (Wildman–Crippen MR) is 117 cm³/mol. The van der Waals surface area contributed by atoms with E-state index in [0.29, 0.717) is 18.5 Å². The molecule has 1 aliphatic rings. The number of sulfone groups is 1. The van der Waals surface area contributed by atoms with E-state index in [1.165, 1.54) is 0 Å². The molecule has 1 saturated heterocycles. The zero-order valence-corrected chi connectivity index (χ0v) is 18.6. The zero-order chi connectivity index (χ0) is 21.2. The Morgan fingerprint density at radius 1 is 1.14 bits per heavy atom. The van der Waals surface area contributed by atoms with Crippen LogP contribution in [0.4, 0.5) is 0 Å². The van der Waals surface area contributed by atoms with Crippen LogP contribution in [0.5, 0.6) is 0 Å². The average Bonchev–Trinajstić information content (AvgIpc) is 3.17. The molecule has 1 unspecified atom stereocenters. The first-order valence-corrected chi connectivity index (χ1v) is 11.9. The number of aromatic nitrogens is 1. The molecule has 1 aromatic heterocycles.